The van der Waals surface area contributed by atoms with Gasteiger partial charge in [0.25, 0.3) is 0 Å². The van der Waals surface area contributed by atoms with Gasteiger partial charge in [-0.1, -0.05) is 6.42 Å². The number of piperazine rings is 1. The van der Waals surface area contributed by atoms with Crippen LogP contribution in [-0.4, -0.2) is 72.5 Å². The molecule has 1 aromatic heterocycles. The molecule has 7 nitrogen and oxygen atoms in total. The summed E-state index contributed by atoms with van der Waals surface area (Å²) in [5.74, 6) is 0.978. The van der Waals surface area contributed by atoms with Crippen molar-refractivity contribution in [2.75, 3.05) is 45.8 Å². The van der Waals surface area contributed by atoms with Crippen molar-refractivity contribution in [2.45, 2.75) is 32.2 Å². The molecular weight excluding hydrogens is 320 g/mol. The minimum absolute atomic E-state index is 0.0585. The number of hydrogen-bond acceptors (Lipinski definition) is 4. The van der Waals surface area contributed by atoms with Crippen LogP contribution in [0.5, 0.6) is 0 Å². The summed E-state index contributed by atoms with van der Waals surface area (Å²) < 4.78 is 5.62. The van der Waals surface area contributed by atoms with Crippen LogP contribution in [0, 0.1) is 0 Å². The van der Waals surface area contributed by atoms with E-state index in [1.807, 2.05) is 12.1 Å². The third-order valence-corrected chi connectivity index (χ3v) is 5.16. The number of carbonyl (C=O) groups is 2. The van der Waals surface area contributed by atoms with Crippen LogP contribution in [0.1, 0.15) is 38.0 Å². The van der Waals surface area contributed by atoms with Gasteiger partial charge in [-0.2, -0.15) is 0 Å². The lowest BCUT2D eigenvalue weighted by Gasteiger charge is -2.36. The molecule has 3 amide bonds. The standard InChI is InChI=1S/C18H28N4O3/c1-15(23)20-9-11-22(12-10-20)18(24)19-14-16(17-6-5-13-25-17)21-7-3-2-4-8-21/h5-6,13,16H,2-4,7-12,14H2,1H3,(H,19,24)/t16-/m1/s1. The second-order valence-corrected chi connectivity index (χ2v) is 6.81. The quantitative estimate of drug-likeness (QED) is 0.899. The molecule has 2 aliphatic heterocycles. The Kier molecular flexibility index (Phi) is 5.96. The van der Waals surface area contributed by atoms with Crippen molar-refractivity contribution >= 4 is 11.9 Å². The van der Waals surface area contributed by atoms with Crippen LogP contribution in [0.2, 0.25) is 0 Å². The van der Waals surface area contributed by atoms with Crippen molar-refractivity contribution in [3.8, 4) is 0 Å². The van der Waals surface area contributed by atoms with E-state index in [2.05, 4.69) is 10.2 Å². The molecule has 2 fully saturated rings. The summed E-state index contributed by atoms with van der Waals surface area (Å²) in [7, 11) is 0. The Hall–Kier alpha value is -2.02. The van der Waals surface area contributed by atoms with Crippen LogP contribution >= 0.6 is 0 Å². The molecule has 25 heavy (non-hydrogen) atoms. The van der Waals surface area contributed by atoms with Gasteiger partial charge < -0.3 is 19.5 Å². The van der Waals surface area contributed by atoms with E-state index in [1.165, 1.54) is 19.3 Å². The smallest absolute Gasteiger partial charge is 0.317 e. The number of rotatable bonds is 4. The van der Waals surface area contributed by atoms with Gasteiger partial charge in [0.2, 0.25) is 5.91 Å². The summed E-state index contributed by atoms with van der Waals surface area (Å²) in [4.78, 5) is 29.8. The van der Waals surface area contributed by atoms with Gasteiger partial charge in [0.05, 0.1) is 12.3 Å². The zero-order chi connectivity index (χ0) is 17.6. The van der Waals surface area contributed by atoms with Gasteiger partial charge in [0, 0.05) is 39.6 Å². The topological polar surface area (TPSA) is 69.0 Å². The van der Waals surface area contributed by atoms with Gasteiger partial charge in [-0.15, -0.1) is 0 Å². The SMILES string of the molecule is CC(=O)N1CCN(C(=O)NC[C@H](c2ccco2)N2CCCCC2)CC1. The van der Waals surface area contributed by atoms with E-state index in [1.54, 1.807) is 23.0 Å². The predicted molar refractivity (Wildman–Crippen MR) is 94.1 cm³/mol. The van der Waals surface area contributed by atoms with E-state index >= 15 is 0 Å². The fraction of sp³-hybridized carbons (Fsp3) is 0.667. The highest BCUT2D eigenvalue weighted by Crippen LogP contribution is 2.24. The van der Waals surface area contributed by atoms with Gasteiger partial charge in [-0.05, 0) is 38.1 Å². The van der Waals surface area contributed by atoms with Gasteiger partial charge in [-0.3, -0.25) is 9.69 Å². The Balaban J connectivity index is 1.54. The highest BCUT2D eigenvalue weighted by atomic mass is 16.3. The molecule has 0 aromatic carbocycles. The molecule has 7 heteroatoms. The molecule has 0 bridgehead atoms. The van der Waals surface area contributed by atoms with E-state index in [4.69, 9.17) is 4.42 Å². The van der Waals surface area contributed by atoms with Crippen LogP contribution < -0.4 is 5.32 Å². The Bertz CT molecular complexity index is 561. The second-order valence-electron chi connectivity index (χ2n) is 6.81. The van der Waals surface area contributed by atoms with Crippen molar-refractivity contribution in [3.63, 3.8) is 0 Å². The maximum absolute atomic E-state index is 12.5. The van der Waals surface area contributed by atoms with Crippen molar-refractivity contribution in [1.82, 2.24) is 20.0 Å². The number of urea groups is 1. The van der Waals surface area contributed by atoms with Crippen molar-refractivity contribution < 1.29 is 14.0 Å². The molecule has 0 spiro atoms. The zero-order valence-electron chi connectivity index (χ0n) is 14.9. The summed E-state index contributed by atoms with van der Waals surface area (Å²) in [5, 5.41) is 3.06. The van der Waals surface area contributed by atoms with E-state index in [0.29, 0.717) is 32.7 Å². The van der Waals surface area contributed by atoms with E-state index in [0.717, 1.165) is 18.8 Å². The molecule has 0 aliphatic carbocycles. The average molecular weight is 348 g/mol. The average Bonchev–Trinajstić information content (AvgIpc) is 3.17. The van der Waals surface area contributed by atoms with Crippen molar-refractivity contribution in [2.24, 2.45) is 0 Å². The maximum atomic E-state index is 12.5. The first-order valence-corrected chi connectivity index (χ1v) is 9.21. The van der Waals surface area contributed by atoms with Crippen LogP contribution in [0.4, 0.5) is 4.79 Å². The minimum Gasteiger partial charge on any atom is -0.468 e. The summed E-state index contributed by atoms with van der Waals surface area (Å²) in [5.41, 5.74) is 0. The summed E-state index contributed by atoms with van der Waals surface area (Å²) in [6.45, 7) is 6.58. The van der Waals surface area contributed by atoms with Gasteiger partial charge in [0.15, 0.2) is 0 Å². The normalized spacial score (nSPS) is 20.4. The fourth-order valence-electron chi connectivity index (χ4n) is 3.64. The number of amides is 3. The highest BCUT2D eigenvalue weighted by Gasteiger charge is 2.27. The zero-order valence-corrected chi connectivity index (χ0v) is 14.9. The van der Waals surface area contributed by atoms with Crippen LogP contribution in [0.25, 0.3) is 0 Å². The number of carbonyl (C=O) groups excluding carboxylic acids is 2. The lowest BCUT2D eigenvalue weighted by atomic mass is 10.1. The molecule has 2 aliphatic rings. The number of hydrogen-bond donors (Lipinski definition) is 1. The third-order valence-electron chi connectivity index (χ3n) is 5.16. The summed E-state index contributed by atoms with van der Waals surface area (Å²) in [6, 6.07) is 3.90. The lowest BCUT2D eigenvalue weighted by molar-refractivity contribution is -0.130. The molecular formula is C18H28N4O3. The predicted octanol–water partition coefficient (Wildman–Crippen LogP) is 1.68. The maximum Gasteiger partial charge on any atom is 0.317 e. The highest BCUT2D eigenvalue weighted by molar-refractivity contribution is 5.76. The number of nitrogens with zero attached hydrogens (tertiary/aromatic N) is 3. The summed E-state index contributed by atoms with van der Waals surface area (Å²) >= 11 is 0. The van der Waals surface area contributed by atoms with Crippen LogP contribution in [0.3, 0.4) is 0 Å². The molecule has 2 saturated heterocycles. The molecule has 3 rings (SSSR count). The second kappa shape index (κ2) is 8.38. The molecule has 0 unspecified atom stereocenters. The van der Waals surface area contributed by atoms with E-state index in [-0.39, 0.29) is 18.0 Å². The first kappa shape index (κ1) is 17.8. The third kappa shape index (κ3) is 4.54. The first-order chi connectivity index (χ1) is 12.1. The molecule has 0 radical (unpaired) electrons. The van der Waals surface area contributed by atoms with Crippen LogP contribution in [-0.2, 0) is 4.79 Å². The van der Waals surface area contributed by atoms with Crippen molar-refractivity contribution in [3.05, 3.63) is 24.2 Å². The largest absolute Gasteiger partial charge is 0.468 e. The molecule has 0 saturated carbocycles. The van der Waals surface area contributed by atoms with Gasteiger partial charge in [-0.25, -0.2) is 4.79 Å². The molecule has 138 valence electrons. The van der Waals surface area contributed by atoms with Crippen LogP contribution in [0.15, 0.2) is 22.8 Å². The van der Waals surface area contributed by atoms with Gasteiger partial charge in [0.1, 0.15) is 5.76 Å². The number of piperidine rings is 1. The molecule has 1 atom stereocenters. The fourth-order valence-corrected chi connectivity index (χ4v) is 3.64. The minimum atomic E-state index is -0.0585. The molecule has 3 heterocycles. The Morgan fingerprint density at radius 1 is 1.08 bits per heavy atom. The van der Waals surface area contributed by atoms with E-state index < -0.39 is 0 Å². The molecule has 1 N–H and O–H groups in total. The van der Waals surface area contributed by atoms with Crippen molar-refractivity contribution in [1.29, 1.82) is 0 Å². The monoisotopic (exact) mass is 348 g/mol. The van der Waals surface area contributed by atoms with E-state index in [9.17, 15) is 9.59 Å². The Morgan fingerprint density at radius 2 is 1.76 bits per heavy atom. The Morgan fingerprint density at radius 3 is 2.36 bits per heavy atom. The number of nitrogens with one attached hydrogen (secondary N) is 1. The first-order valence-electron chi connectivity index (χ1n) is 9.21. The lowest BCUT2D eigenvalue weighted by Crippen LogP contribution is -2.53. The Labute approximate surface area is 148 Å². The summed E-state index contributed by atoms with van der Waals surface area (Å²) in [6.07, 6.45) is 5.35. The number of furan rings is 1. The van der Waals surface area contributed by atoms with Gasteiger partial charge >= 0.3 is 6.03 Å². The number of likely N-dealkylation sites (tertiary alicyclic amines) is 1. The molecule has 1 aromatic rings.